The molecule has 0 aliphatic carbocycles. The summed E-state index contributed by atoms with van der Waals surface area (Å²) in [6.45, 7) is -0.884. The molecule has 0 fully saturated rings. The zero-order valence-electron chi connectivity index (χ0n) is 9.37. The third-order valence-corrected chi connectivity index (χ3v) is 2.17. The number of hydrogen-bond acceptors (Lipinski definition) is 4. The third kappa shape index (κ3) is 3.78. The van der Waals surface area contributed by atoms with E-state index < -0.39 is 30.9 Å². The second-order valence-electron chi connectivity index (χ2n) is 3.55. The lowest BCUT2D eigenvalue weighted by Gasteiger charge is -2.20. The Morgan fingerprint density at radius 3 is 1.78 bits per heavy atom. The third-order valence-electron chi connectivity index (χ3n) is 2.17. The first kappa shape index (κ1) is 13.5. The van der Waals surface area contributed by atoms with Crippen LogP contribution in [0.25, 0.3) is 0 Å². The maximum absolute atomic E-state index is 10.9. The van der Waals surface area contributed by atoms with Gasteiger partial charge in [-0.15, -0.1) is 0 Å². The first-order valence-corrected chi connectivity index (χ1v) is 4.98. The van der Waals surface area contributed by atoms with Gasteiger partial charge in [-0.05, 0) is 24.3 Å². The molecule has 96 valence electrons. The number of carbonyl (C=O) groups is 3. The van der Waals surface area contributed by atoms with Crippen molar-refractivity contribution in [2.75, 3.05) is 18.0 Å². The van der Waals surface area contributed by atoms with Gasteiger partial charge in [0.25, 0.3) is 0 Å². The van der Waals surface area contributed by atoms with E-state index in [4.69, 9.17) is 15.9 Å². The van der Waals surface area contributed by atoms with Crippen LogP contribution in [0.15, 0.2) is 24.3 Å². The Bertz CT molecular complexity index is 453. The van der Waals surface area contributed by atoms with Gasteiger partial charge in [0, 0.05) is 11.3 Å². The number of nitrogens with zero attached hydrogens (tertiary/aromatic N) is 1. The largest absolute Gasteiger partial charge is 0.480 e. The van der Waals surface area contributed by atoms with Crippen LogP contribution in [0.4, 0.5) is 5.69 Å². The molecular weight excluding hydrogens is 240 g/mol. The molecule has 0 atom stereocenters. The average Bonchev–Trinajstić information content (AvgIpc) is 2.27. The van der Waals surface area contributed by atoms with Crippen LogP contribution in [0.2, 0.25) is 0 Å². The Hall–Kier alpha value is -2.57. The SMILES string of the molecule is NC(=O)c1ccc(N(CC(=O)O)CC(=O)O)cc1. The molecule has 1 aromatic rings. The fourth-order valence-corrected chi connectivity index (χ4v) is 1.40. The van der Waals surface area contributed by atoms with Crippen LogP contribution in [-0.4, -0.2) is 41.1 Å². The highest BCUT2D eigenvalue weighted by Gasteiger charge is 2.14. The van der Waals surface area contributed by atoms with Crippen LogP contribution in [0.3, 0.4) is 0 Å². The highest BCUT2D eigenvalue weighted by Crippen LogP contribution is 2.14. The molecule has 0 saturated carbocycles. The van der Waals surface area contributed by atoms with E-state index in [1.807, 2.05) is 0 Å². The molecule has 0 aliphatic rings. The lowest BCUT2D eigenvalue weighted by Crippen LogP contribution is -2.34. The van der Waals surface area contributed by atoms with Crippen LogP contribution >= 0.6 is 0 Å². The molecule has 4 N–H and O–H groups in total. The Balaban J connectivity index is 2.93. The number of amides is 1. The first-order chi connectivity index (χ1) is 8.40. The number of carboxylic acid groups (broad SMARTS) is 2. The number of carboxylic acids is 2. The summed E-state index contributed by atoms with van der Waals surface area (Å²) in [6, 6.07) is 5.72. The van der Waals surface area contributed by atoms with E-state index in [1.165, 1.54) is 24.3 Å². The standard InChI is InChI=1S/C11H12N2O5/c12-11(18)7-1-3-8(4-2-7)13(5-9(14)15)6-10(16)17/h1-4H,5-6H2,(H2,12,18)(H,14,15)(H,16,17). The minimum atomic E-state index is -1.14. The molecule has 18 heavy (non-hydrogen) atoms. The summed E-state index contributed by atoms with van der Waals surface area (Å²) in [6.07, 6.45) is 0. The lowest BCUT2D eigenvalue weighted by molar-refractivity contribution is -0.136. The van der Waals surface area contributed by atoms with Crippen LogP contribution in [0, 0.1) is 0 Å². The van der Waals surface area contributed by atoms with E-state index >= 15 is 0 Å². The van der Waals surface area contributed by atoms with Crippen molar-refractivity contribution in [2.24, 2.45) is 5.73 Å². The van der Waals surface area contributed by atoms with Crippen molar-refractivity contribution < 1.29 is 24.6 Å². The molecule has 1 rings (SSSR count). The lowest BCUT2D eigenvalue weighted by atomic mass is 10.2. The van der Waals surface area contributed by atoms with Crippen LogP contribution in [-0.2, 0) is 9.59 Å². The molecular formula is C11H12N2O5. The van der Waals surface area contributed by atoms with Crippen molar-refractivity contribution in [3.8, 4) is 0 Å². The molecule has 1 amide bonds. The zero-order valence-corrected chi connectivity index (χ0v) is 9.37. The minimum Gasteiger partial charge on any atom is -0.480 e. The molecule has 0 bridgehead atoms. The maximum Gasteiger partial charge on any atom is 0.323 e. The van der Waals surface area contributed by atoms with Crippen molar-refractivity contribution in [3.05, 3.63) is 29.8 Å². The molecule has 0 radical (unpaired) electrons. The number of hydrogen-bond donors (Lipinski definition) is 3. The monoisotopic (exact) mass is 252 g/mol. The summed E-state index contributed by atoms with van der Waals surface area (Å²) < 4.78 is 0. The Morgan fingerprint density at radius 1 is 1.00 bits per heavy atom. The molecule has 0 spiro atoms. The first-order valence-electron chi connectivity index (χ1n) is 4.98. The quantitative estimate of drug-likeness (QED) is 0.642. The van der Waals surface area contributed by atoms with E-state index in [2.05, 4.69) is 0 Å². The molecule has 0 unspecified atom stereocenters. The highest BCUT2D eigenvalue weighted by atomic mass is 16.4. The summed E-state index contributed by atoms with van der Waals surface area (Å²) in [5.41, 5.74) is 5.72. The van der Waals surface area contributed by atoms with Gasteiger partial charge in [-0.2, -0.15) is 0 Å². The number of aliphatic carboxylic acids is 2. The maximum atomic E-state index is 10.9. The second-order valence-corrected chi connectivity index (χ2v) is 3.55. The predicted octanol–water partition coefficient (Wildman–Crippen LogP) is -0.239. The Morgan fingerprint density at radius 2 is 1.44 bits per heavy atom. The predicted molar refractivity (Wildman–Crippen MR) is 62.4 cm³/mol. The van der Waals surface area contributed by atoms with Crippen LogP contribution < -0.4 is 10.6 Å². The Kier molecular flexibility index (Phi) is 4.25. The topological polar surface area (TPSA) is 121 Å². The van der Waals surface area contributed by atoms with Gasteiger partial charge in [-0.25, -0.2) is 0 Å². The summed E-state index contributed by atoms with van der Waals surface area (Å²) in [5, 5.41) is 17.4. The highest BCUT2D eigenvalue weighted by molar-refractivity contribution is 5.93. The molecule has 1 aromatic carbocycles. The van der Waals surface area contributed by atoms with Gasteiger partial charge in [0.2, 0.25) is 5.91 Å². The summed E-state index contributed by atoms with van der Waals surface area (Å²) >= 11 is 0. The van der Waals surface area contributed by atoms with E-state index in [9.17, 15) is 14.4 Å². The van der Waals surface area contributed by atoms with Crippen molar-refractivity contribution in [2.45, 2.75) is 0 Å². The van der Waals surface area contributed by atoms with Crippen molar-refractivity contribution in [1.82, 2.24) is 0 Å². The van der Waals surface area contributed by atoms with Gasteiger partial charge in [-0.3, -0.25) is 14.4 Å². The van der Waals surface area contributed by atoms with Gasteiger partial charge in [-0.1, -0.05) is 0 Å². The van der Waals surface area contributed by atoms with Crippen molar-refractivity contribution >= 4 is 23.5 Å². The average molecular weight is 252 g/mol. The minimum absolute atomic E-state index is 0.268. The van der Waals surface area contributed by atoms with Crippen molar-refractivity contribution in [3.63, 3.8) is 0 Å². The van der Waals surface area contributed by atoms with Gasteiger partial charge in [0.15, 0.2) is 0 Å². The number of anilines is 1. The van der Waals surface area contributed by atoms with Gasteiger partial charge in [0.1, 0.15) is 13.1 Å². The smallest absolute Gasteiger partial charge is 0.323 e. The van der Waals surface area contributed by atoms with Crippen LogP contribution in [0.5, 0.6) is 0 Å². The Labute approximate surface area is 102 Å². The van der Waals surface area contributed by atoms with E-state index in [0.717, 1.165) is 4.90 Å². The number of primary amides is 1. The fraction of sp³-hybridized carbons (Fsp3) is 0.182. The number of carbonyl (C=O) groups excluding carboxylic acids is 1. The van der Waals surface area contributed by atoms with Gasteiger partial charge < -0.3 is 20.8 Å². The van der Waals surface area contributed by atoms with E-state index in [1.54, 1.807) is 0 Å². The van der Waals surface area contributed by atoms with Crippen molar-refractivity contribution in [1.29, 1.82) is 0 Å². The number of nitrogens with two attached hydrogens (primary N) is 1. The van der Waals surface area contributed by atoms with Gasteiger partial charge >= 0.3 is 11.9 Å². The number of rotatable bonds is 6. The van der Waals surface area contributed by atoms with Gasteiger partial charge in [0.05, 0.1) is 0 Å². The summed E-state index contributed by atoms with van der Waals surface area (Å²) in [4.78, 5) is 33.3. The molecule has 0 heterocycles. The molecule has 7 heteroatoms. The molecule has 7 nitrogen and oxygen atoms in total. The normalized spacial score (nSPS) is 9.78. The summed E-state index contributed by atoms with van der Waals surface area (Å²) in [7, 11) is 0. The zero-order chi connectivity index (χ0) is 13.7. The van der Waals surface area contributed by atoms with E-state index in [0.29, 0.717) is 5.69 Å². The van der Waals surface area contributed by atoms with E-state index in [-0.39, 0.29) is 5.56 Å². The summed E-state index contributed by atoms with van der Waals surface area (Å²) in [5.74, 6) is -2.89. The number of benzene rings is 1. The molecule has 0 aliphatic heterocycles. The molecule has 0 saturated heterocycles. The second kappa shape index (κ2) is 5.67. The molecule has 0 aromatic heterocycles. The fourth-order valence-electron chi connectivity index (χ4n) is 1.40. The van der Waals surface area contributed by atoms with Crippen LogP contribution in [0.1, 0.15) is 10.4 Å².